The summed E-state index contributed by atoms with van der Waals surface area (Å²) in [5.74, 6) is 0. The smallest absolute Gasteiger partial charge is 0.0972 e. The molecule has 10 aromatic rings. The van der Waals surface area contributed by atoms with Gasteiger partial charge in [-0.2, -0.15) is 0 Å². The molecule has 4 heterocycles. The molecule has 0 saturated heterocycles. The maximum absolute atomic E-state index is 5.11. The first kappa shape index (κ1) is 28.3. The highest BCUT2D eigenvalue weighted by molar-refractivity contribution is 6.03. The largest absolute Gasteiger partial charge is 0.254 e. The van der Waals surface area contributed by atoms with E-state index in [4.69, 9.17) is 15.0 Å². The Kier molecular flexibility index (Phi) is 6.46. The standard InChI is InChI=1S/C46H28N4/c1-2-5-36-26-39(18-7-29(36)4-1)42-23-20-33-13-17-38(28-44(33)49-42)37-16-12-32-19-22-40(48-43(32)27-37)30-8-10-31(11-9-30)41-24-21-35-15-14-34-6-3-25-47-45(34)46(35)50-41/h1-28H. The van der Waals surface area contributed by atoms with Gasteiger partial charge in [-0.05, 0) is 64.4 Å². The van der Waals surface area contributed by atoms with E-state index in [9.17, 15) is 0 Å². The number of nitrogens with zero attached hydrogens (tertiary/aromatic N) is 4. The normalized spacial score (nSPS) is 11.6. The van der Waals surface area contributed by atoms with Gasteiger partial charge in [0.25, 0.3) is 0 Å². The predicted octanol–water partition coefficient (Wildman–Crippen LogP) is 11.7. The molecule has 0 unspecified atom stereocenters. The molecule has 4 heteroatoms. The second-order valence-electron chi connectivity index (χ2n) is 12.8. The summed E-state index contributed by atoms with van der Waals surface area (Å²) >= 11 is 0. The maximum Gasteiger partial charge on any atom is 0.0972 e. The number of hydrogen-bond donors (Lipinski definition) is 0. The first-order valence-corrected chi connectivity index (χ1v) is 16.8. The van der Waals surface area contributed by atoms with Crippen LogP contribution in [0, 0.1) is 0 Å². The van der Waals surface area contributed by atoms with Gasteiger partial charge in [0.2, 0.25) is 0 Å². The minimum atomic E-state index is 0.921. The second kappa shape index (κ2) is 11.4. The van der Waals surface area contributed by atoms with Gasteiger partial charge in [0, 0.05) is 44.4 Å². The molecule has 232 valence electrons. The number of fused-ring (bicyclic) bond motifs is 6. The van der Waals surface area contributed by atoms with Crippen LogP contribution in [0.2, 0.25) is 0 Å². The minimum absolute atomic E-state index is 0.921. The Bertz CT molecular complexity index is 2930. The van der Waals surface area contributed by atoms with Gasteiger partial charge in [-0.15, -0.1) is 0 Å². The zero-order chi connectivity index (χ0) is 33.0. The Labute approximate surface area is 288 Å². The highest BCUT2D eigenvalue weighted by Gasteiger charge is 2.10. The fourth-order valence-electron chi connectivity index (χ4n) is 6.96. The van der Waals surface area contributed by atoms with Gasteiger partial charge < -0.3 is 0 Å². The van der Waals surface area contributed by atoms with Crippen molar-refractivity contribution >= 4 is 54.4 Å². The molecular formula is C46H28N4. The van der Waals surface area contributed by atoms with Crippen LogP contribution in [0.4, 0.5) is 0 Å². The number of benzene rings is 6. The van der Waals surface area contributed by atoms with Crippen LogP contribution in [0.25, 0.3) is 99.3 Å². The summed E-state index contributed by atoms with van der Waals surface area (Å²) in [6.07, 6.45) is 1.83. The monoisotopic (exact) mass is 636 g/mol. The van der Waals surface area contributed by atoms with E-state index in [2.05, 4.69) is 163 Å². The van der Waals surface area contributed by atoms with Crippen molar-refractivity contribution in [3.63, 3.8) is 0 Å². The van der Waals surface area contributed by atoms with E-state index in [0.29, 0.717) is 0 Å². The van der Waals surface area contributed by atoms with E-state index in [0.717, 1.165) is 88.5 Å². The zero-order valence-electron chi connectivity index (χ0n) is 27.0. The van der Waals surface area contributed by atoms with E-state index < -0.39 is 0 Å². The van der Waals surface area contributed by atoms with Crippen molar-refractivity contribution < 1.29 is 0 Å². The summed E-state index contributed by atoms with van der Waals surface area (Å²) in [5, 5.41) is 6.85. The van der Waals surface area contributed by atoms with Gasteiger partial charge >= 0.3 is 0 Å². The van der Waals surface area contributed by atoms with Gasteiger partial charge in [-0.25, -0.2) is 15.0 Å². The Morgan fingerprint density at radius 3 is 1.42 bits per heavy atom. The molecule has 0 fully saturated rings. The fourth-order valence-corrected chi connectivity index (χ4v) is 6.96. The van der Waals surface area contributed by atoms with Crippen LogP contribution in [-0.2, 0) is 0 Å². The molecule has 0 atom stereocenters. The predicted molar refractivity (Wildman–Crippen MR) is 207 cm³/mol. The van der Waals surface area contributed by atoms with Gasteiger partial charge in [0.15, 0.2) is 0 Å². The van der Waals surface area contributed by atoms with Crippen molar-refractivity contribution in [3.8, 4) is 44.9 Å². The fraction of sp³-hybridized carbons (Fsp3) is 0. The van der Waals surface area contributed by atoms with E-state index in [1.165, 1.54) is 10.8 Å². The Balaban J connectivity index is 0.965. The van der Waals surface area contributed by atoms with Crippen molar-refractivity contribution in [1.29, 1.82) is 0 Å². The summed E-state index contributed by atoms with van der Waals surface area (Å²) in [6.45, 7) is 0. The number of rotatable bonds is 4. The third-order valence-corrected chi connectivity index (χ3v) is 9.67. The SMILES string of the molecule is c1ccc2cc(-c3ccc4ccc(-c5ccc6ccc(-c7ccc(-c8ccc9ccc%10cccnc%10c9n8)cc7)nc6c5)cc4n3)ccc2c1. The average Bonchev–Trinajstić information content (AvgIpc) is 3.19. The number of pyridine rings is 4. The van der Waals surface area contributed by atoms with Gasteiger partial charge in [-0.1, -0.05) is 121 Å². The molecule has 0 aliphatic rings. The van der Waals surface area contributed by atoms with Crippen LogP contribution in [-0.4, -0.2) is 19.9 Å². The number of aromatic nitrogens is 4. The Morgan fingerprint density at radius 1 is 0.280 bits per heavy atom. The summed E-state index contributed by atoms with van der Waals surface area (Å²) < 4.78 is 0. The van der Waals surface area contributed by atoms with E-state index in [1.807, 2.05) is 12.3 Å². The molecule has 0 aliphatic carbocycles. The molecule has 6 aromatic carbocycles. The lowest BCUT2D eigenvalue weighted by Gasteiger charge is -2.09. The van der Waals surface area contributed by atoms with Crippen molar-refractivity contribution in [1.82, 2.24) is 19.9 Å². The lowest BCUT2D eigenvalue weighted by Crippen LogP contribution is -1.90. The molecule has 0 amide bonds. The first-order valence-electron chi connectivity index (χ1n) is 16.8. The quantitative estimate of drug-likeness (QED) is 0.180. The van der Waals surface area contributed by atoms with Crippen LogP contribution in [0.15, 0.2) is 170 Å². The lowest BCUT2D eigenvalue weighted by molar-refractivity contribution is 1.36. The van der Waals surface area contributed by atoms with E-state index in [1.54, 1.807) is 0 Å². The summed E-state index contributed by atoms with van der Waals surface area (Å²) in [4.78, 5) is 19.8. The van der Waals surface area contributed by atoms with Crippen LogP contribution in [0.3, 0.4) is 0 Å². The van der Waals surface area contributed by atoms with Crippen LogP contribution >= 0.6 is 0 Å². The minimum Gasteiger partial charge on any atom is -0.254 e. The van der Waals surface area contributed by atoms with E-state index in [-0.39, 0.29) is 0 Å². The molecule has 0 radical (unpaired) electrons. The topological polar surface area (TPSA) is 51.6 Å². The maximum atomic E-state index is 5.11. The zero-order valence-corrected chi connectivity index (χ0v) is 27.0. The van der Waals surface area contributed by atoms with Crippen molar-refractivity contribution in [2.45, 2.75) is 0 Å². The first-order chi connectivity index (χ1) is 24.7. The van der Waals surface area contributed by atoms with Crippen molar-refractivity contribution in [3.05, 3.63) is 170 Å². The third-order valence-electron chi connectivity index (χ3n) is 9.67. The van der Waals surface area contributed by atoms with Gasteiger partial charge in [0.05, 0.1) is 39.1 Å². The second-order valence-corrected chi connectivity index (χ2v) is 12.8. The molecule has 0 bridgehead atoms. The molecule has 0 saturated carbocycles. The highest BCUT2D eigenvalue weighted by atomic mass is 14.8. The molecule has 4 nitrogen and oxygen atoms in total. The summed E-state index contributed by atoms with van der Waals surface area (Å²) in [5.41, 5.74) is 12.1. The van der Waals surface area contributed by atoms with Crippen molar-refractivity contribution in [2.75, 3.05) is 0 Å². The van der Waals surface area contributed by atoms with Crippen LogP contribution in [0.1, 0.15) is 0 Å². The van der Waals surface area contributed by atoms with Crippen LogP contribution in [0.5, 0.6) is 0 Å². The molecular weight excluding hydrogens is 609 g/mol. The summed E-state index contributed by atoms with van der Waals surface area (Å²) in [6, 6.07) is 57.4. The molecule has 0 N–H and O–H groups in total. The molecule has 50 heavy (non-hydrogen) atoms. The average molecular weight is 637 g/mol. The molecule has 4 aromatic heterocycles. The van der Waals surface area contributed by atoms with Gasteiger partial charge in [-0.3, -0.25) is 4.98 Å². The van der Waals surface area contributed by atoms with E-state index >= 15 is 0 Å². The molecule has 0 spiro atoms. The Morgan fingerprint density at radius 2 is 0.740 bits per heavy atom. The third kappa shape index (κ3) is 4.94. The molecule has 0 aliphatic heterocycles. The lowest BCUT2D eigenvalue weighted by atomic mass is 10.00. The van der Waals surface area contributed by atoms with Crippen LogP contribution < -0.4 is 0 Å². The van der Waals surface area contributed by atoms with Crippen molar-refractivity contribution in [2.24, 2.45) is 0 Å². The molecule has 10 rings (SSSR count). The Hall–Kier alpha value is -6.78. The summed E-state index contributed by atoms with van der Waals surface area (Å²) in [7, 11) is 0. The highest BCUT2D eigenvalue weighted by Crippen LogP contribution is 2.32. The number of hydrogen-bond acceptors (Lipinski definition) is 4. The van der Waals surface area contributed by atoms with Gasteiger partial charge in [0.1, 0.15) is 0 Å².